The van der Waals surface area contributed by atoms with E-state index in [2.05, 4.69) is 9.97 Å². The first-order chi connectivity index (χ1) is 18.4. The van der Waals surface area contributed by atoms with Gasteiger partial charge in [-0.25, -0.2) is 14.8 Å². The standard InChI is InChI=1S/C29H37N5O4/c30-29(38)34(13-12-21-16-31-17-32-21)28(37)25-22(15-20-8-4-5-9-24(20)33-25)23(14-18-6-2-1-3-7-18)27(36)26(35)19-10-11-19/h4-5,8-9,15-19,23,26-27,35-36H,1-3,6-7,10-14H2,(H2,30,38)(H,31,32)/t23-,26-,27+/m0/s1. The van der Waals surface area contributed by atoms with Crippen LogP contribution in [0.4, 0.5) is 4.79 Å². The van der Waals surface area contributed by atoms with Crippen LogP contribution in [0.25, 0.3) is 10.9 Å². The summed E-state index contributed by atoms with van der Waals surface area (Å²) in [5.74, 6) is -0.633. The van der Waals surface area contributed by atoms with Gasteiger partial charge in [-0.3, -0.25) is 9.69 Å². The lowest BCUT2D eigenvalue weighted by Gasteiger charge is -2.33. The molecule has 0 radical (unpaired) electrons. The van der Waals surface area contributed by atoms with Crippen molar-refractivity contribution < 1.29 is 19.8 Å². The van der Waals surface area contributed by atoms with Gasteiger partial charge in [0.05, 0.1) is 24.1 Å². The van der Waals surface area contributed by atoms with Gasteiger partial charge in [0.25, 0.3) is 5.91 Å². The number of H-pyrrole nitrogens is 1. The van der Waals surface area contributed by atoms with E-state index in [9.17, 15) is 19.8 Å². The first-order valence-corrected chi connectivity index (χ1v) is 13.8. The minimum Gasteiger partial charge on any atom is -0.390 e. The van der Waals surface area contributed by atoms with Crippen LogP contribution in [0, 0.1) is 11.8 Å². The number of hydrogen-bond donors (Lipinski definition) is 4. The molecule has 0 saturated heterocycles. The second kappa shape index (κ2) is 11.6. The average Bonchev–Trinajstić information content (AvgIpc) is 3.66. The Kier molecular flexibility index (Phi) is 8.04. The van der Waals surface area contributed by atoms with E-state index in [1.54, 1.807) is 6.20 Å². The molecule has 3 atom stereocenters. The van der Waals surface area contributed by atoms with Crippen LogP contribution in [-0.4, -0.2) is 60.8 Å². The maximum absolute atomic E-state index is 13.9. The molecule has 2 aromatic heterocycles. The highest BCUT2D eigenvalue weighted by atomic mass is 16.3. The van der Waals surface area contributed by atoms with E-state index in [4.69, 9.17) is 10.7 Å². The average molecular weight is 520 g/mol. The number of nitrogens with one attached hydrogen (secondary N) is 1. The summed E-state index contributed by atoms with van der Waals surface area (Å²) in [5.41, 5.74) is 7.75. The lowest BCUT2D eigenvalue weighted by Crippen LogP contribution is -2.43. The van der Waals surface area contributed by atoms with E-state index >= 15 is 0 Å². The lowest BCUT2D eigenvalue weighted by atomic mass is 9.76. The number of aliphatic hydroxyl groups excluding tert-OH is 2. The molecular weight excluding hydrogens is 482 g/mol. The molecule has 2 aliphatic carbocycles. The van der Waals surface area contributed by atoms with Crippen molar-refractivity contribution in [2.24, 2.45) is 17.6 Å². The van der Waals surface area contributed by atoms with Crippen molar-refractivity contribution in [3.05, 3.63) is 59.8 Å². The number of amides is 3. The van der Waals surface area contributed by atoms with Gasteiger partial charge >= 0.3 is 6.03 Å². The van der Waals surface area contributed by atoms with E-state index in [-0.39, 0.29) is 18.2 Å². The number of primary amides is 1. The summed E-state index contributed by atoms with van der Waals surface area (Å²) in [6, 6.07) is 8.53. The zero-order valence-corrected chi connectivity index (χ0v) is 21.6. The summed E-state index contributed by atoms with van der Waals surface area (Å²) >= 11 is 0. The number of aromatic nitrogens is 3. The highest BCUT2D eigenvalue weighted by molar-refractivity contribution is 6.05. The molecule has 38 heavy (non-hydrogen) atoms. The summed E-state index contributed by atoms with van der Waals surface area (Å²) in [6.45, 7) is 0.0604. The number of para-hydroxylation sites is 1. The van der Waals surface area contributed by atoms with Crippen LogP contribution in [0.1, 0.15) is 79.0 Å². The second-order valence-electron chi connectivity index (χ2n) is 10.9. The number of imidazole rings is 1. The number of benzene rings is 1. The number of nitrogens with zero attached hydrogens (tertiary/aromatic N) is 3. The molecule has 202 valence electrons. The predicted molar refractivity (Wildman–Crippen MR) is 143 cm³/mol. The highest BCUT2D eigenvalue weighted by Gasteiger charge is 2.41. The fraction of sp³-hybridized carbons (Fsp3) is 0.517. The number of rotatable bonds is 10. The molecule has 2 aliphatic rings. The number of hydrogen-bond acceptors (Lipinski definition) is 6. The maximum Gasteiger partial charge on any atom is 0.321 e. The van der Waals surface area contributed by atoms with Crippen LogP contribution in [0.2, 0.25) is 0 Å². The summed E-state index contributed by atoms with van der Waals surface area (Å²) in [6.07, 6.45) is 9.68. The van der Waals surface area contributed by atoms with E-state index < -0.39 is 30.1 Å². The van der Waals surface area contributed by atoms with Gasteiger partial charge in [0, 0.05) is 36.2 Å². The molecule has 0 aliphatic heterocycles. The van der Waals surface area contributed by atoms with Crippen LogP contribution in [0.3, 0.4) is 0 Å². The Bertz CT molecular complexity index is 1250. The molecule has 9 nitrogen and oxygen atoms in total. The quantitative estimate of drug-likeness (QED) is 0.320. The van der Waals surface area contributed by atoms with Crippen molar-refractivity contribution in [1.29, 1.82) is 0 Å². The fourth-order valence-electron chi connectivity index (χ4n) is 5.87. The van der Waals surface area contributed by atoms with E-state index in [0.717, 1.165) is 54.5 Å². The molecule has 0 bridgehead atoms. The first-order valence-electron chi connectivity index (χ1n) is 13.8. The van der Waals surface area contributed by atoms with Gasteiger partial charge in [0.2, 0.25) is 0 Å². The molecule has 3 aromatic rings. The molecule has 5 N–H and O–H groups in total. The van der Waals surface area contributed by atoms with Gasteiger partial charge in [-0.2, -0.15) is 0 Å². The fourth-order valence-corrected chi connectivity index (χ4v) is 5.87. The Hall–Kier alpha value is -3.30. The van der Waals surface area contributed by atoms with E-state index in [1.807, 2.05) is 30.3 Å². The van der Waals surface area contributed by atoms with Gasteiger partial charge in [0.1, 0.15) is 5.69 Å². The van der Waals surface area contributed by atoms with Crippen molar-refractivity contribution in [1.82, 2.24) is 19.9 Å². The maximum atomic E-state index is 13.9. The molecule has 0 spiro atoms. The van der Waals surface area contributed by atoms with Gasteiger partial charge < -0.3 is 20.9 Å². The third-order valence-corrected chi connectivity index (χ3v) is 8.21. The highest BCUT2D eigenvalue weighted by Crippen LogP contribution is 2.42. The molecule has 0 unspecified atom stereocenters. The van der Waals surface area contributed by atoms with Gasteiger partial charge in [-0.15, -0.1) is 0 Å². The van der Waals surface area contributed by atoms with Gasteiger partial charge in [-0.05, 0) is 48.8 Å². The number of fused-ring (bicyclic) bond motifs is 1. The number of aliphatic hydroxyl groups is 2. The molecule has 1 aromatic carbocycles. The number of urea groups is 1. The van der Waals surface area contributed by atoms with Gasteiger partial charge in [-0.1, -0.05) is 50.3 Å². The number of carbonyl (C=O) groups excluding carboxylic acids is 2. The monoisotopic (exact) mass is 519 g/mol. The lowest BCUT2D eigenvalue weighted by molar-refractivity contribution is -0.0154. The molecule has 3 amide bonds. The largest absolute Gasteiger partial charge is 0.390 e. The Morgan fingerprint density at radius 3 is 2.55 bits per heavy atom. The molecular formula is C29H37N5O4. The van der Waals surface area contributed by atoms with Crippen LogP contribution < -0.4 is 5.73 Å². The third-order valence-electron chi connectivity index (χ3n) is 8.21. The van der Waals surface area contributed by atoms with Crippen molar-refractivity contribution >= 4 is 22.8 Å². The zero-order valence-electron chi connectivity index (χ0n) is 21.6. The number of imide groups is 1. The summed E-state index contributed by atoms with van der Waals surface area (Å²) in [5, 5.41) is 23.4. The van der Waals surface area contributed by atoms with Crippen molar-refractivity contribution in [2.75, 3.05) is 6.54 Å². The number of carbonyl (C=O) groups is 2. The molecule has 9 heteroatoms. The van der Waals surface area contributed by atoms with E-state index in [1.165, 1.54) is 12.7 Å². The topological polar surface area (TPSA) is 145 Å². The number of aromatic amines is 1. The minimum absolute atomic E-state index is 0.0604. The number of nitrogens with two attached hydrogens (primary N) is 1. The summed E-state index contributed by atoms with van der Waals surface area (Å²) in [4.78, 5) is 39.1. The SMILES string of the molecule is NC(=O)N(CCc1cnc[nH]1)C(=O)c1nc2ccccc2cc1[C@H](CC1CCCCC1)[C@@H](O)[C@@H](O)C1CC1. The van der Waals surface area contributed by atoms with Crippen LogP contribution >= 0.6 is 0 Å². The zero-order chi connectivity index (χ0) is 26.6. The van der Waals surface area contributed by atoms with Crippen LogP contribution in [0.15, 0.2) is 42.9 Å². The van der Waals surface area contributed by atoms with Crippen molar-refractivity contribution in [3.63, 3.8) is 0 Å². The predicted octanol–water partition coefficient (Wildman–Crippen LogP) is 3.91. The van der Waals surface area contributed by atoms with Crippen molar-refractivity contribution in [2.45, 2.75) is 75.9 Å². The van der Waals surface area contributed by atoms with Gasteiger partial charge in [0.15, 0.2) is 0 Å². The summed E-state index contributed by atoms with van der Waals surface area (Å²) < 4.78 is 0. The van der Waals surface area contributed by atoms with Crippen LogP contribution in [0.5, 0.6) is 0 Å². The molecule has 5 rings (SSSR count). The van der Waals surface area contributed by atoms with E-state index in [0.29, 0.717) is 29.8 Å². The molecule has 2 saturated carbocycles. The normalized spacial score (nSPS) is 18.7. The number of pyridine rings is 1. The Labute approximate surface area is 222 Å². The minimum atomic E-state index is -1.04. The smallest absolute Gasteiger partial charge is 0.321 e. The Balaban J connectivity index is 1.55. The summed E-state index contributed by atoms with van der Waals surface area (Å²) in [7, 11) is 0. The Morgan fingerprint density at radius 2 is 1.87 bits per heavy atom. The van der Waals surface area contributed by atoms with Crippen molar-refractivity contribution in [3.8, 4) is 0 Å². The third kappa shape index (κ3) is 5.89. The van der Waals surface area contributed by atoms with Crippen LogP contribution in [-0.2, 0) is 6.42 Å². The molecule has 2 heterocycles. The second-order valence-corrected chi connectivity index (χ2v) is 10.9. The Morgan fingerprint density at radius 1 is 1.11 bits per heavy atom. The molecule has 2 fully saturated rings. The first kappa shape index (κ1) is 26.3.